The van der Waals surface area contributed by atoms with Gasteiger partial charge in [-0.1, -0.05) is 19.1 Å². The van der Waals surface area contributed by atoms with E-state index in [-0.39, 0.29) is 11.8 Å². The number of nitrogens with zero attached hydrogens (tertiary/aromatic N) is 1. The average molecular weight is 279 g/mol. The lowest BCUT2D eigenvalue weighted by Gasteiger charge is -2.21. The third-order valence-corrected chi connectivity index (χ3v) is 3.02. The number of ether oxygens (including phenoxy) is 2. The highest BCUT2D eigenvalue weighted by molar-refractivity contribution is 6.02. The maximum atomic E-state index is 12.2. The van der Waals surface area contributed by atoms with Gasteiger partial charge in [-0.05, 0) is 18.1 Å². The topological polar surface area (TPSA) is 55.8 Å². The Labute approximate surface area is 119 Å². The van der Waals surface area contributed by atoms with E-state index < -0.39 is 5.97 Å². The number of anilines is 1. The van der Waals surface area contributed by atoms with Gasteiger partial charge in [0.2, 0.25) is 5.91 Å². The zero-order chi connectivity index (χ0) is 15.1. The Morgan fingerprint density at radius 1 is 1.25 bits per heavy atom. The molecular weight excluding hydrogens is 258 g/mol. The molecule has 0 N–H and O–H groups in total. The van der Waals surface area contributed by atoms with E-state index in [4.69, 9.17) is 9.47 Å². The molecule has 0 aliphatic rings. The molecule has 0 radical (unpaired) electrons. The zero-order valence-corrected chi connectivity index (χ0v) is 12.4. The quantitative estimate of drug-likeness (QED) is 0.748. The van der Waals surface area contributed by atoms with Crippen LogP contribution >= 0.6 is 0 Å². The summed E-state index contributed by atoms with van der Waals surface area (Å²) < 4.78 is 9.75. The van der Waals surface area contributed by atoms with Gasteiger partial charge in [-0.3, -0.25) is 4.79 Å². The maximum Gasteiger partial charge on any atom is 0.339 e. The molecule has 1 unspecified atom stereocenters. The molecule has 5 heteroatoms. The van der Waals surface area contributed by atoms with E-state index in [1.807, 2.05) is 6.92 Å². The van der Waals surface area contributed by atoms with Crippen LogP contribution in [0.25, 0.3) is 0 Å². The molecule has 0 bridgehead atoms. The van der Waals surface area contributed by atoms with Crippen molar-refractivity contribution in [3.63, 3.8) is 0 Å². The third-order valence-electron chi connectivity index (χ3n) is 3.02. The van der Waals surface area contributed by atoms with Crippen LogP contribution in [0.15, 0.2) is 24.3 Å². The average Bonchev–Trinajstić information content (AvgIpc) is 2.45. The van der Waals surface area contributed by atoms with E-state index in [9.17, 15) is 9.59 Å². The van der Waals surface area contributed by atoms with Crippen LogP contribution in [0.3, 0.4) is 0 Å². The molecule has 1 aromatic rings. The van der Waals surface area contributed by atoms with E-state index in [2.05, 4.69) is 0 Å². The lowest BCUT2D eigenvalue weighted by atomic mass is 10.1. The van der Waals surface area contributed by atoms with Crippen molar-refractivity contribution in [3.8, 4) is 0 Å². The largest absolute Gasteiger partial charge is 0.465 e. The van der Waals surface area contributed by atoms with Crippen molar-refractivity contribution in [2.24, 2.45) is 5.92 Å². The van der Waals surface area contributed by atoms with Gasteiger partial charge >= 0.3 is 5.97 Å². The van der Waals surface area contributed by atoms with Gasteiger partial charge < -0.3 is 14.4 Å². The molecule has 1 atom stereocenters. The molecule has 0 heterocycles. The van der Waals surface area contributed by atoms with Crippen LogP contribution in [0, 0.1) is 5.92 Å². The smallest absolute Gasteiger partial charge is 0.339 e. The van der Waals surface area contributed by atoms with Gasteiger partial charge in [-0.2, -0.15) is 0 Å². The number of para-hydroxylation sites is 1. The molecule has 0 spiro atoms. The Bertz CT molecular complexity index is 473. The Kier molecular flexibility index (Phi) is 6.18. The molecule has 0 saturated carbocycles. The molecule has 5 nitrogen and oxygen atoms in total. The molecule has 20 heavy (non-hydrogen) atoms. The summed E-state index contributed by atoms with van der Waals surface area (Å²) in [6, 6.07) is 6.89. The number of methoxy groups -OCH3 is 2. The predicted molar refractivity (Wildman–Crippen MR) is 76.8 cm³/mol. The minimum Gasteiger partial charge on any atom is -0.465 e. The Hall–Kier alpha value is -1.88. The SMILES string of the molecule is COCC(C)CC(=O)N(C)c1ccccc1C(=O)OC. The van der Waals surface area contributed by atoms with Crippen LogP contribution < -0.4 is 4.90 Å². The predicted octanol–water partition coefficient (Wildman–Crippen LogP) is 2.11. The first-order valence-electron chi connectivity index (χ1n) is 6.44. The number of benzene rings is 1. The van der Waals surface area contributed by atoms with Gasteiger partial charge in [0.05, 0.1) is 18.4 Å². The van der Waals surface area contributed by atoms with E-state index in [0.29, 0.717) is 24.3 Å². The van der Waals surface area contributed by atoms with Crippen LogP contribution in [0.5, 0.6) is 0 Å². The highest BCUT2D eigenvalue weighted by atomic mass is 16.5. The van der Waals surface area contributed by atoms with Gasteiger partial charge in [0.25, 0.3) is 0 Å². The van der Waals surface area contributed by atoms with Crippen molar-refractivity contribution in [3.05, 3.63) is 29.8 Å². The highest BCUT2D eigenvalue weighted by Crippen LogP contribution is 2.21. The Balaban J connectivity index is 2.89. The molecule has 0 aromatic heterocycles. The van der Waals surface area contributed by atoms with Gasteiger partial charge in [0.15, 0.2) is 0 Å². The summed E-state index contributed by atoms with van der Waals surface area (Å²) in [5.41, 5.74) is 0.930. The van der Waals surface area contributed by atoms with Crippen molar-refractivity contribution < 1.29 is 19.1 Å². The second kappa shape index (κ2) is 7.65. The molecule has 110 valence electrons. The fourth-order valence-electron chi connectivity index (χ4n) is 1.96. The number of esters is 1. The monoisotopic (exact) mass is 279 g/mol. The summed E-state index contributed by atoms with van der Waals surface area (Å²) in [6.45, 7) is 2.47. The van der Waals surface area contributed by atoms with Crippen molar-refractivity contribution in [1.29, 1.82) is 0 Å². The highest BCUT2D eigenvalue weighted by Gasteiger charge is 2.20. The number of hydrogen-bond donors (Lipinski definition) is 0. The summed E-state index contributed by atoms with van der Waals surface area (Å²) in [5, 5.41) is 0. The number of carbonyl (C=O) groups excluding carboxylic acids is 2. The zero-order valence-electron chi connectivity index (χ0n) is 12.4. The van der Waals surface area contributed by atoms with Crippen molar-refractivity contribution in [2.45, 2.75) is 13.3 Å². The standard InChI is InChI=1S/C15H21NO4/c1-11(10-19-3)9-14(17)16(2)13-8-6-5-7-12(13)15(18)20-4/h5-8,11H,9-10H2,1-4H3. The molecule has 1 aromatic carbocycles. The van der Waals surface area contributed by atoms with Crippen LogP contribution in [0.2, 0.25) is 0 Å². The van der Waals surface area contributed by atoms with Crippen LogP contribution in [0.1, 0.15) is 23.7 Å². The molecule has 0 aliphatic carbocycles. The van der Waals surface area contributed by atoms with E-state index in [1.54, 1.807) is 38.4 Å². The molecular formula is C15H21NO4. The minimum absolute atomic E-state index is 0.0640. The second-order valence-corrected chi connectivity index (χ2v) is 4.73. The molecule has 0 saturated heterocycles. The number of hydrogen-bond acceptors (Lipinski definition) is 4. The molecule has 0 aliphatic heterocycles. The third kappa shape index (κ3) is 4.06. The summed E-state index contributed by atoms with van der Waals surface area (Å²) in [4.78, 5) is 25.4. The lowest BCUT2D eigenvalue weighted by molar-refractivity contribution is -0.119. The fraction of sp³-hybridized carbons (Fsp3) is 0.467. The van der Waals surface area contributed by atoms with Crippen LogP contribution in [-0.4, -0.2) is 39.8 Å². The number of rotatable bonds is 6. The van der Waals surface area contributed by atoms with Crippen LogP contribution in [0.4, 0.5) is 5.69 Å². The first-order chi connectivity index (χ1) is 9.51. The van der Waals surface area contributed by atoms with Gasteiger partial charge in [-0.15, -0.1) is 0 Å². The summed E-state index contributed by atoms with van der Waals surface area (Å²) in [5.74, 6) is -0.392. The number of amides is 1. The Morgan fingerprint density at radius 2 is 1.90 bits per heavy atom. The van der Waals surface area contributed by atoms with E-state index in [0.717, 1.165) is 0 Å². The second-order valence-electron chi connectivity index (χ2n) is 4.73. The van der Waals surface area contributed by atoms with Gasteiger partial charge in [0.1, 0.15) is 0 Å². The van der Waals surface area contributed by atoms with Crippen molar-refractivity contribution in [1.82, 2.24) is 0 Å². The maximum absolute atomic E-state index is 12.2. The van der Waals surface area contributed by atoms with Gasteiger partial charge in [0, 0.05) is 27.2 Å². The minimum atomic E-state index is -0.454. The van der Waals surface area contributed by atoms with E-state index >= 15 is 0 Å². The fourth-order valence-corrected chi connectivity index (χ4v) is 1.96. The van der Waals surface area contributed by atoms with E-state index in [1.165, 1.54) is 12.0 Å². The van der Waals surface area contributed by atoms with Crippen molar-refractivity contribution >= 4 is 17.6 Å². The normalized spacial score (nSPS) is 11.8. The van der Waals surface area contributed by atoms with Crippen LogP contribution in [-0.2, 0) is 14.3 Å². The lowest BCUT2D eigenvalue weighted by Crippen LogP contribution is -2.30. The Morgan fingerprint density at radius 3 is 2.50 bits per heavy atom. The molecule has 0 fully saturated rings. The summed E-state index contributed by atoms with van der Waals surface area (Å²) in [6.07, 6.45) is 0.361. The molecule has 1 rings (SSSR count). The van der Waals surface area contributed by atoms with Crippen molar-refractivity contribution in [2.75, 3.05) is 32.8 Å². The number of carbonyl (C=O) groups is 2. The molecule has 1 amide bonds. The van der Waals surface area contributed by atoms with Gasteiger partial charge in [-0.25, -0.2) is 4.79 Å². The first kappa shape index (κ1) is 16.2. The first-order valence-corrected chi connectivity index (χ1v) is 6.44. The summed E-state index contributed by atoms with van der Waals surface area (Å²) in [7, 11) is 4.59. The summed E-state index contributed by atoms with van der Waals surface area (Å²) >= 11 is 0.